The summed E-state index contributed by atoms with van der Waals surface area (Å²) in [7, 11) is -2.78. The van der Waals surface area contributed by atoms with Gasteiger partial charge in [0.1, 0.15) is 0 Å². The Kier molecular flexibility index (Phi) is 5.19. The number of hydrogen-bond donors (Lipinski definition) is 0. The van der Waals surface area contributed by atoms with Crippen molar-refractivity contribution in [3.05, 3.63) is 41.5 Å². The average molecular weight is 334 g/mol. The molecule has 0 radical (unpaired) electrons. The van der Waals surface area contributed by atoms with E-state index in [2.05, 4.69) is 47.1 Å². The van der Waals surface area contributed by atoms with Crippen LogP contribution in [0.25, 0.3) is 6.08 Å². The van der Waals surface area contributed by atoms with Gasteiger partial charge in [-0.2, -0.15) is 0 Å². The van der Waals surface area contributed by atoms with Crippen LogP contribution >= 0.6 is 0 Å². The van der Waals surface area contributed by atoms with Crippen LogP contribution in [0.4, 0.5) is 0 Å². The second-order valence-corrected chi connectivity index (χ2v) is 9.00. The lowest BCUT2D eigenvalue weighted by atomic mass is 10.1. The Hall–Kier alpha value is -1.17. The molecule has 2 heterocycles. The summed E-state index contributed by atoms with van der Waals surface area (Å²) < 4.78 is 23.2. The van der Waals surface area contributed by atoms with Crippen molar-refractivity contribution in [2.24, 2.45) is 0 Å². The molecule has 1 aromatic carbocycles. The minimum atomic E-state index is -2.78. The lowest BCUT2D eigenvalue weighted by molar-refractivity contribution is 0.111. The van der Waals surface area contributed by atoms with Crippen LogP contribution in [0.3, 0.4) is 0 Å². The summed E-state index contributed by atoms with van der Waals surface area (Å²) in [5.74, 6) is 0.733. The van der Waals surface area contributed by atoms with Gasteiger partial charge in [0.15, 0.2) is 9.84 Å². The standard InChI is InChI=1S/C18H26N2O2S/c1-16(13-17-5-3-2-4-6-17)14-19-8-10-20(11-9-19)18-7-12-23(21,22)15-18/h2-6,13,18H,7-12,14-15H2,1H3. The Bertz CT molecular complexity index is 647. The molecule has 4 nitrogen and oxygen atoms in total. The molecule has 126 valence electrons. The minimum absolute atomic E-state index is 0.253. The fourth-order valence-corrected chi connectivity index (χ4v) is 5.34. The molecule has 0 aromatic heterocycles. The fraction of sp³-hybridized carbons (Fsp3) is 0.556. The number of rotatable bonds is 4. The number of benzene rings is 1. The van der Waals surface area contributed by atoms with E-state index in [0.29, 0.717) is 11.5 Å². The SMILES string of the molecule is CC(=Cc1ccccc1)CN1CCN(C2CCS(=O)(=O)C2)CC1. The Morgan fingerprint density at radius 2 is 1.87 bits per heavy atom. The molecule has 0 N–H and O–H groups in total. The Morgan fingerprint density at radius 1 is 1.17 bits per heavy atom. The maximum absolute atomic E-state index is 11.6. The summed E-state index contributed by atoms with van der Waals surface area (Å²) in [5.41, 5.74) is 2.62. The molecule has 0 saturated carbocycles. The molecule has 0 bridgehead atoms. The summed E-state index contributed by atoms with van der Waals surface area (Å²) in [6.45, 7) is 7.19. The van der Waals surface area contributed by atoms with E-state index in [9.17, 15) is 8.42 Å². The highest BCUT2D eigenvalue weighted by Crippen LogP contribution is 2.19. The summed E-state index contributed by atoms with van der Waals surface area (Å²) in [4.78, 5) is 4.84. The van der Waals surface area contributed by atoms with Crippen LogP contribution in [0.2, 0.25) is 0 Å². The van der Waals surface area contributed by atoms with E-state index in [4.69, 9.17) is 0 Å². The monoisotopic (exact) mass is 334 g/mol. The van der Waals surface area contributed by atoms with Crippen molar-refractivity contribution < 1.29 is 8.42 Å². The fourth-order valence-electron chi connectivity index (χ4n) is 3.58. The van der Waals surface area contributed by atoms with Gasteiger partial charge in [-0.3, -0.25) is 9.80 Å². The zero-order valence-corrected chi connectivity index (χ0v) is 14.6. The normalized spacial score (nSPS) is 26.5. The van der Waals surface area contributed by atoms with E-state index in [0.717, 1.165) is 39.1 Å². The van der Waals surface area contributed by atoms with Crippen molar-refractivity contribution in [1.82, 2.24) is 9.80 Å². The molecule has 3 rings (SSSR count). The van der Waals surface area contributed by atoms with Crippen molar-refractivity contribution in [2.75, 3.05) is 44.2 Å². The molecular formula is C18H26N2O2S. The zero-order valence-electron chi connectivity index (χ0n) is 13.8. The van der Waals surface area contributed by atoms with Gasteiger partial charge in [-0.25, -0.2) is 8.42 Å². The van der Waals surface area contributed by atoms with Crippen molar-refractivity contribution in [2.45, 2.75) is 19.4 Å². The highest BCUT2D eigenvalue weighted by Gasteiger charge is 2.33. The number of piperazine rings is 1. The van der Waals surface area contributed by atoms with Crippen molar-refractivity contribution in [3.8, 4) is 0 Å². The Morgan fingerprint density at radius 3 is 2.48 bits per heavy atom. The van der Waals surface area contributed by atoms with Crippen LogP contribution in [0, 0.1) is 0 Å². The van der Waals surface area contributed by atoms with Crippen molar-refractivity contribution in [1.29, 1.82) is 0 Å². The molecule has 2 saturated heterocycles. The number of nitrogens with zero attached hydrogens (tertiary/aromatic N) is 2. The first kappa shape index (κ1) is 16.7. The first-order chi connectivity index (χ1) is 11.0. The zero-order chi connectivity index (χ0) is 16.3. The topological polar surface area (TPSA) is 40.6 Å². The lowest BCUT2D eigenvalue weighted by Gasteiger charge is -2.37. The molecule has 2 aliphatic heterocycles. The molecule has 23 heavy (non-hydrogen) atoms. The highest BCUT2D eigenvalue weighted by atomic mass is 32.2. The third-order valence-corrected chi connectivity index (χ3v) is 6.57. The van der Waals surface area contributed by atoms with Crippen LogP contribution in [0.5, 0.6) is 0 Å². The molecule has 2 fully saturated rings. The summed E-state index contributed by atoms with van der Waals surface area (Å²) in [6, 6.07) is 10.7. The molecule has 1 unspecified atom stereocenters. The quantitative estimate of drug-likeness (QED) is 0.843. The predicted octanol–water partition coefficient (Wildman–Crippen LogP) is 1.89. The van der Waals surface area contributed by atoms with E-state index in [-0.39, 0.29) is 6.04 Å². The summed E-state index contributed by atoms with van der Waals surface area (Å²) >= 11 is 0. The van der Waals surface area contributed by atoms with Crippen LogP contribution in [0.1, 0.15) is 18.9 Å². The van der Waals surface area contributed by atoms with Crippen LogP contribution in [-0.2, 0) is 9.84 Å². The Balaban J connectivity index is 1.49. The van der Waals surface area contributed by atoms with E-state index < -0.39 is 9.84 Å². The van der Waals surface area contributed by atoms with Gasteiger partial charge < -0.3 is 0 Å². The van der Waals surface area contributed by atoms with Gasteiger partial charge in [0.2, 0.25) is 0 Å². The molecule has 1 aromatic rings. The summed E-state index contributed by atoms with van der Waals surface area (Å²) in [6.07, 6.45) is 3.06. The summed E-state index contributed by atoms with van der Waals surface area (Å²) in [5, 5.41) is 0. The Labute approximate surface area is 139 Å². The second-order valence-electron chi connectivity index (χ2n) is 6.77. The van der Waals surface area contributed by atoms with E-state index in [1.807, 2.05) is 6.07 Å². The minimum Gasteiger partial charge on any atom is -0.297 e. The molecule has 2 aliphatic rings. The van der Waals surface area contributed by atoms with Gasteiger partial charge in [0.05, 0.1) is 11.5 Å². The maximum Gasteiger partial charge on any atom is 0.151 e. The lowest BCUT2D eigenvalue weighted by Crippen LogP contribution is -2.50. The first-order valence-corrected chi connectivity index (χ1v) is 10.2. The smallest absolute Gasteiger partial charge is 0.151 e. The highest BCUT2D eigenvalue weighted by molar-refractivity contribution is 7.91. The van der Waals surface area contributed by atoms with Gasteiger partial charge in [0, 0.05) is 38.8 Å². The molecule has 0 amide bonds. The third kappa shape index (κ3) is 4.66. The average Bonchev–Trinajstić information content (AvgIpc) is 2.89. The van der Waals surface area contributed by atoms with Gasteiger partial charge >= 0.3 is 0 Å². The number of hydrogen-bond acceptors (Lipinski definition) is 4. The molecule has 1 atom stereocenters. The van der Waals surface area contributed by atoms with Crippen molar-refractivity contribution >= 4 is 15.9 Å². The third-order valence-electron chi connectivity index (χ3n) is 4.82. The first-order valence-electron chi connectivity index (χ1n) is 8.41. The number of sulfone groups is 1. The van der Waals surface area contributed by atoms with E-state index in [1.54, 1.807) is 0 Å². The van der Waals surface area contributed by atoms with Gasteiger partial charge in [-0.15, -0.1) is 0 Å². The van der Waals surface area contributed by atoms with E-state index >= 15 is 0 Å². The molecule has 0 aliphatic carbocycles. The van der Waals surface area contributed by atoms with Gasteiger partial charge in [-0.1, -0.05) is 42.0 Å². The molecular weight excluding hydrogens is 308 g/mol. The molecule has 0 spiro atoms. The van der Waals surface area contributed by atoms with Crippen LogP contribution in [-0.4, -0.2) is 68.5 Å². The maximum atomic E-state index is 11.6. The van der Waals surface area contributed by atoms with Crippen LogP contribution in [0.15, 0.2) is 35.9 Å². The van der Waals surface area contributed by atoms with Crippen LogP contribution < -0.4 is 0 Å². The van der Waals surface area contributed by atoms with Gasteiger partial charge in [0.25, 0.3) is 0 Å². The predicted molar refractivity (Wildman–Crippen MR) is 95.2 cm³/mol. The largest absolute Gasteiger partial charge is 0.297 e. The molecule has 5 heteroatoms. The van der Waals surface area contributed by atoms with Gasteiger partial charge in [-0.05, 0) is 18.9 Å². The second kappa shape index (κ2) is 7.16. The van der Waals surface area contributed by atoms with E-state index in [1.165, 1.54) is 11.1 Å². The van der Waals surface area contributed by atoms with Crippen molar-refractivity contribution in [3.63, 3.8) is 0 Å².